The Hall–Kier alpha value is -2.21. The van der Waals surface area contributed by atoms with Crippen molar-refractivity contribution in [1.82, 2.24) is 14.9 Å². The van der Waals surface area contributed by atoms with Crippen LogP contribution >= 0.6 is 0 Å². The van der Waals surface area contributed by atoms with Gasteiger partial charge in [0.05, 0.1) is 16.9 Å². The van der Waals surface area contributed by atoms with Gasteiger partial charge in [-0.25, -0.2) is 17.9 Å². The summed E-state index contributed by atoms with van der Waals surface area (Å²) >= 11 is 0. The largest absolute Gasteiger partial charge is 0.491 e. The van der Waals surface area contributed by atoms with E-state index >= 15 is 0 Å². The van der Waals surface area contributed by atoms with Crippen molar-refractivity contribution < 1.29 is 32.6 Å². The lowest BCUT2D eigenvalue weighted by atomic mass is 10.1. The minimum absolute atomic E-state index is 0.0558. The Morgan fingerprint density at radius 3 is 2.65 bits per heavy atom. The van der Waals surface area contributed by atoms with Gasteiger partial charge in [-0.1, -0.05) is 12.1 Å². The Bertz CT molecular complexity index is 923. The van der Waals surface area contributed by atoms with Crippen LogP contribution in [0.5, 0.6) is 5.75 Å². The molecule has 1 saturated carbocycles. The van der Waals surface area contributed by atoms with Gasteiger partial charge in [0.1, 0.15) is 25.6 Å². The molecule has 1 heterocycles. The molecule has 1 aliphatic heterocycles. The number of aliphatic hydroxyl groups is 1. The van der Waals surface area contributed by atoms with Crippen LogP contribution < -0.4 is 14.8 Å². The molecule has 3 N–H and O–H groups in total. The summed E-state index contributed by atoms with van der Waals surface area (Å²) in [5, 5.41) is 12.0. The van der Waals surface area contributed by atoms with E-state index in [9.17, 15) is 23.1 Å². The first-order valence-electron chi connectivity index (χ1n) is 10.1. The first-order chi connectivity index (χ1) is 14.5. The zero-order valence-corrected chi connectivity index (χ0v) is 18.5. The monoisotopic (exact) mass is 455 g/mol. The van der Waals surface area contributed by atoms with Crippen molar-refractivity contribution in [2.24, 2.45) is 0 Å². The number of urea groups is 1. The summed E-state index contributed by atoms with van der Waals surface area (Å²) in [5.74, 6) is 0.0713. The molecule has 1 aromatic carbocycles. The van der Waals surface area contributed by atoms with Crippen LogP contribution in [0.15, 0.2) is 24.3 Å². The van der Waals surface area contributed by atoms with Crippen molar-refractivity contribution in [3.05, 3.63) is 29.8 Å². The second kappa shape index (κ2) is 9.11. The minimum Gasteiger partial charge on any atom is -0.491 e. The molecular weight excluding hydrogens is 426 g/mol. The molecule has 0 spiro atoms. The van der Waals surface area contributed by atoms with Gasteiger partial charge in [-0.3, -0.25) is 15.0 Å². The van der Waals surface area contributed by atoms with Crippen LogP contribution in [0.25, 0.3) is 0 Å². The maximum atomic E-state index is 12.6. The third-order valence-corrected chi connectivity index (χ3v) is 6.42. The normalized spacial score (nSPS) is 18.2. The lowest BCUT2D eigenvalue weighted by molar-refractivity contribution is -0.118. The molecule has 10 nitrogen and oxygen atoms in total. The average molecular weight is 456 g/mol. The van der Waals surface area contributed by atoms with Gasteiger partial charge in [0.25, 0.3) is 0 Å². The predicted molar refractivity (Wildman–Crippen MR) is 112 cm³/mol. The van der Waals surface area contributed by atoms with Crippen LogP contribution in [0.1, 0.15) is 38.7 Å². The second-order valence-electron chi connectivity index (χ2n) is 8.57. The van der Waals surface area contributed by atoms with Gasteiger partial charge in [-0.05, 0) is 50.8 Å². The number of imide groups is 1. The van der Waals surface area contributed by atoms with E-state index in [1.165, 1.54) is 4.90 Å². The van der Waals surface area contributed by atoms with Gasteiger partial charge in [-0.15, -0.1) is 0 Å². The molecule has 1 saturated heterocycles. The highest BCUT2D eigenvalue weighted by Crippen LogP contribution is 2.46. The maximum Gasteiger partial charge on any atom is 0.326 e. The Morgan fingerprint density at radius 2 is 2.03 bits per heavy atom. The summed E-state index contributed by atoms with van der Waals surface area (Å²) in [6.07, 6.45) is 1.63. The Labute approximate surface area is 181 Å². The molecule has 0 bridgehead atoms. The first kappa shape index (κ1) is 23.5. The van der Waals surface area contributed by atoms with E-state index in [-0.39, 0.29) is 44.6 Å². The van der Waals surface area contributed by atoms with E-state index in [1.807, 2.05) is 6.07 Å². The number of amides is 3. The predicted octanol–water partition coefficient (Wildman–Crippen LogP) is 0.661. The van der Waals surface area contributed by atoms with Crippen LogP contribution in [-0.2, 0) is 25.1 Å². The molecular formula is C20H29N3O7S. The Morgan fingerprint density at radius 1 is 1.29 bits per heavy atom. The van der Waals surface area contributed by atoms with E-state index in [0.29, 0.717) is 18.6 Å². The van der Waals surface area contributed by atoms with Gasteiger partial charge in [-0.2, -0.15) is 0 Å². The number of nitrogens with zero attached hydrogens (tertiary/aromatic N) is 1. The fraction of sp³-hybridized carbons (Fsp3) is 0.600. The molecule has 31 heavy (non-hydrogen) atoms. The first-order valence-corrected chi connectivity index (χ1v) is 11.8. The van der Waals surface area contributed by atoms with Crippen molar-refractivity contribution in [1.29, 1.82) is 0 Å². The molecule has 1 aromatic rings. The van der Waals surface area contributed by atoms with E-state index in [0.717, 1.165) is 5.56 Å². The van der Waals surface area contributed by atoms with Crippen molar-refractivity contribution in [2.75, 3.05) is 32.2 Å². The fourth-order valence-electron chi connectivity index (χ4n) is 3.18. The van der Waals surface area contributed by atoms with Gasteiger partial charge in [0.2, 0.25) is 15.9 Å². The van der Waals surface area contributed by atoms with Gasteiger partial charge in [0, 0.05) is 6.61 Å². The van der Waals surface area contributed by atoms with E-state index in [2.05, 4.69) is 10.0 Å². The number of hydrogen-bond donors (Lipinski definition) is 3. The van der Waals surface area contributed by atoms with Crippen molar-refractivity contribution in [2.45, 2.75) is 44.2 Å². The number of sulfonamides is 1. The number of hydrogen-bond acceptors (Lipinski definition) is 7. The number of benzene rings is 1. The lowest BCUT2D eigenvalue weighted by Crippen LogP contribution is -2.37. The Kier molecular flexibility index (Phi) is 6.89. The minimum atomic E-state index is -3.55. The number of ether oxygens (including phenoxy) is 2. The smallest absolute Gasteiger partial charge is 0.326 e. The molecule has 2 aliphatic rings. The molecule has 172 valence electrons. The summed E-state index contributed by atoms with van der Waals surface area (Å²) in [5.41, 5.74) is -0.780. The zero-order valence-electron chi connectivity index (χ0n) is 17.7. The maximum absolute atomic E-state index is 12.6. The van der Waals surface area contributed by atoms with Gasteiger partial charge >= 0.3 is 6.03 Å². The number of rotatable bonds is 12. The van der Waals surface area contributed by atoms with Crippen molar-refractivity contribution in [3.63, 3.8) is 0 Å². The Balaban J connectivity index is 1.47. The SMILES string of the molecule is CC(C)(O)COc1cccc(C2(NS(=O)(=O)CCCOCN3CC(=O)NC3=O)CC2)c1. The van der Waals surface area contributed by atoms with Crippen LogP contribution in [0.2, 0.25) is 0 Å². The van der Waals surface area contributed by atoms with Crippen LogP contribution in [-0.4, -0.2) is 68.2 Å². The molecule has 0 atom stereocenters. The van der Waals surface area contributed by atoms with E-state index < -0.39 is 27.2 Å². The third-order valence-electron chi connectivity index (χ3n) is 4.90. The molecule has 0 radical (unpaired) electrons. The van der Waals surface area contributed by atoms with Gasteiger partial charge < -0.3 is 14.6 Å². The second-order valence-corrected chi connectivity index (χ2v) is 10.4. The van der Waals surface area contributed by atoms with Crippen LogP contribution in [0, 0.1) is 0 Å². The molecule has 0 aromatic heterocycles. The molecule has 3 rings (SSSR count). The quantitative estimate of drug-likeness (QED) is 0.311. The lowest BCUT2D eigenvalue weighted by Gasteiger charge is -2.21. The third kappa shape index (κ3) is 6.89. The highest BCUT2D eigenvalue weighted by Gasteiger charge is 2.47. The zero-order chi connectivity index (χ0) is 22.7. The highest BCUT2D eigenvalue weighted by atomic mass is 32.2. The highest BCUT2D eigenvalue weighted by molar-refractivity contribution is 7.89. The van der Waals surface area contributed by atoms with Crippen molar-refractivity contribution in [3.8, 4) is 5.75 Å². The topological polar surface area (TPSA) is 134 Å². The number of nitrogens with one attached hydrogen (secondary N) is 2. The fourth-order valence-corrected chi connectivity index (χ4v) is 4.70. The summed E-state index contributed by atoms with van der Waals surface area (Å²) in [4.78, 5) is 23.7. The number of carbonyl (C=O) groups excluding carboxylic acids is 2. The van der Waals surface area contributed by atoms with Crippen molar-refractivity contribution >= 4 is 22.0 Å². The molecule has 0 unspecified atom stereocenters. The van der Waals surface area contributed by atoms with E-state index in [4.69, 9.17) is 9.47 Å². The van der Waals surface area contributed by atoms with Crippen LogP contribution in [0.4, 0.5) is 4.79 Å². The summed E-state index contributed by atoms with van der Waals surface area (Å²) < 4.78 is 38.9. The molecule has 3 amide bonds. The molecule has 2 fully saturated rings. The molecule has 1 aliphatic carbocycles. The summed E-state index contributed by atoms with van der Waals surface area (Å²) in [6, 6.07) is 6.72. The standard InChI is InChI=1S/C20H29N3O7S/c1-19(2,26)13-30-16-6-3-5-15(11-16)20(7-8-20)22-31(27,28)10-4-9-29-14-23-12-17(24)21-18(23)25/h3,5-6,11,22,26H,4,7-10,12-14H2,1-2H3,(H,21,24,25). The van der Waals surface area contributed by atoms with E-state index in [1.54, 1.807) is 32.0 Å². The summed E-state index contributed by atoms with van der Waals surface area (Å²) in [6.45, 7) is 3.45. The number of carbonyl (C=O) groups is 2. The molecule has 11 heteroatoms. The van der Waals surface area contributed by atoms with Gasteiger partial charge in [0.15, 0.2) is 0 Å². The van der Waals surface area contributed by atoms with Crippen LogP contribution in [0.3, 0.4) is 0 Å². The summed E-state index contributed by atoms with van der Waals surface area (Å²) in [7, 11) is -3.55. The average Bonchev–Trinajstić information content (AvgIpc) is 3.37.